The molecule has 2 fully saturated rings. The van der Waals surface area contributed by atoms with Gasteiger partial charge in [-0.1, -0.05) is 18.2 Å². The number of ether oxygens (including phenoxy) is 1. The molecule has 0 bridgehead atoms. The number of hydrogen-bond donors (Lipinski definition) is 1. The number of halogens is 6. The Bertz CT molecular complexity index is 1150. The fourth-order valence-electron chi connectivity index (χ4n) is 4.87. The van der Waals surface area contributed by atoms with Crippen LogP contribution in [-0.4, -0.2) is 42.1 Å². The number of likely N-dealkylation sites (tertiary alicyclic amines) is 1. The van der Waals surface area contributed by atoms with Gasteiger partial charge in [0.1, 0.15) is 5.60 Å². The van der Waals surface area contributed by atoms with Crippen LogP contribution in [0.2, 0.25) is 0 Å². The van der Waals surface area contributed by atoms with Crippen molar-refractivity contribution in [1.82, 2.24) is 10.2 Å². The Morgan fingerprint density at radius 2 is 1.53 bits per heavy atom. The summed E-state index contributed by atoms with van der Waals surface area (Å²) in [6, 6.07) is 6.76. The number of carbonyl (C=O) groups excluding carboxylic acids is 2. The number of alkyl halides is 6. The quantitative estimate of drug-likeness (QED) is 0.513. The second kappa shape index (κ2) is 9.01. The van der Waals surface area contributed by atoms with Gasteiger partial charge in [-0.05, 0) is 48.7 Å². The van der Waals surface area contributed by atoms with Crippen LogP contribution in [-0.2, 0) is 17.1 Å². The van der Waals surface area contributed by atoms with Crippen LogP contribution in [0.3, 0.4) is 0 Å². The molecule has 1 atom stereocenters. The highest BCUT2D eigenvalue weighted by Crippen LogP contribution is 2.43. The fraction of sp³-hybridized carbons (Fsp3) is 0.440. The van der Waals surface area contributed by atoms with Gasteiger partial charge in [-0.25, -0.2) is 4.79 Å². The van der Waals surface area contributed by atoms with Crippen molar-refractivity contribution in [3.8, 4) is 0 Å². The largest absolute Gasteiger partial charge is 0.442 e. The Hall–Kier alpha value is -3.24. The van der Waals surface area contributed by atoms with E-state index in [4.69, 9.17) is 4.74 Å². The lowest BCUT2D eigenvalue weighted by Gasteiger charge is -2.48. The first-order chi connectivity index (χ1) is 16.7. The summed E-state index contributed by atoms with van der Waals surface area (Å²) < 4.78 is 85.1. The zero-order valence-electron chi connectivity index (χ0n) is 19.5. The van der Waals surface area contributed by atoms with Crippen LogP contribution >= 0.6 is 0 Å². The number of nitrogens with one attached hydrogen (secondary N) is 1. The molecule has 1 N–H and O–H groups in total. The lowest BCUT2D eigenvalue weighted by molar-refractivity contribution is -0.143. The molecule has 2 aliphatic heterocycles. The normalized spacial score (nSPS) is 20.2. The van der Waals surface area contributed by atoms with E-state index >= 15 is 0 Å². The number of rotatable bonds is 2. The fourth-order valence-corrected chi connectivity index (χ4v) is 4.87. The zero-order valence-corrected chi connectivity index (χ0v) is 19.5. The third-order valence-electron chi connectivity index (χ3n) is 7.05. The molecule has 36 heavy (non-hydrogen) atoms. The van der Waals surface area contributed by atoms with Gasteiger partial charge in [0.2, 0.25) is 0 Å². The first-order valence-electron chi connectivity index (χ1n) is 11.3. The monoisotopic (exact) mass is 514 g/mol. The number of piperidine rings is 1. The van der Waals surface area contributed by atoms with Gasteiger partial charge < -0.3 is 15.0 Å². The van der Waals surface area contributed by atoms with Gasteiger partial charge in [0.05, 0.1) is 11.1 Å². The Labute approximate surface area is 203 Å². The van der Waals surface area contributed by atoms with E-state index in [1.165, 1.54) is 4.90 Å². The van der Waals surface area contributed by atoms with Crippen LogP contribution in [0.1, 0.15) is 56.9 Å². The molecule has 1 unspecified atom stereocenters. The Kier molecular flexibility index (Phi) is 6.47. The van der Waals surface area contributed by atoms with Gasteiger partial charge in [0, 0.05) is 44.0 Å². The second-order valence-corrected chi connectivity index (χ2v) is 9.32. The maximum absolute atomic E-state index is 13.2. The molecule has 2 aromatic carbocycles. The highest BCUT2D eigenvalue weighted by Gasteiger charge is 2.49. The Balaban J connectivity index is 1.59. The summed E-state index contributed by atoms with van der Waals surface area (Å²) in [5, 5.41) is 2.68. The molecule has 2 aromatic rings. The summed E-state index contributed by atoms with van der Waals surface area (Å²) >= 11 is 0. The van der Waals surface area contributed by atoms with Crippen molar-refractivity contribution >= 4 is 12.0 Å². The lowest BCUT2D eigenvalue weighted by Crippen LogP contribution is -2.58. The molecule has 0 saturated carbocycles. The average Bonchev–Trinajstić information content (AvgIpc) is 2.80. The SMILES string of the molecule is Cc1ccc(C2CNC(=O)OC23CCN(C(=O)c2cc(C(F)(F)F)cc(C(F)(F)F)c2)CC3)cc1C. The molecule has 2 saturated heterocycles. The summed E-state index contributed by atoms with van der Waals surface area (Å²) in [5.41, 5.74) is -1.66. The molecule has 2 heterocycles. The molecule has 4 rings (SSSR count). The smallest absolute Gasteiger partial charge is 0.416 e. The maximum Gasteiger partial charge on any atom is 0.416 e. The molecule has 0 aliphatic carbocycles. The van der Waals surface area contributed by atoms with Crippen LogP contribution < -0.4 is 5.32 Å². The highest BCUT2D eigenvalue weighted by atomic mass is 19.4. The summed E-state index contributed by atoms with van der Waals surface area (Å²) in [4.78, 5) is 26.3. The predicted octanol–water partition coefficient (Wildman–Crippen LogP) is 5.84. The zero-order chi connectivity index (χ0) is 26.5. The van der Waals surface area contributed by atoms with Crippen molar-refractivity contribution in [3.05, 3.63) is 69.8 Å². The topological polar surface area (TPSA) is 58.6 Å². The van der Waals surface area contributed by atoms with E-state index < -0.39 is 46.6 Å². The molecule has 1 spiro atoms. The van der Waals surface area contributed by atoms with Gasteiger partial charge in [-0.2, -0.15) is 26.3 Å². The first kappa shape index (κ1) is 25.8. The summed E-state index contributed by atoms with van der Waals surface area (Å²) in [6.45, 7) is 4.24. The van der Waals surface area contributed by atoms with Gasteiger partial charge >= 0.3 is 18.4 Å². The van der Waals surface area contributed by atoms with Gasteiger partial charge in [-0.3, -0.25) is 4.79 Å². The van der Waals surface area contributed by atoms with Crippen molar-refractivity contribution in [1.29, 1.82) is 0 Å². The average molecular weight is 514 g/mol. The van der Waals surface area contributed by atoms with Crippen molar-refractivity contribution in [2.75, 3.05) is 19.6 Å². The number of aryl methyl sites for hydroxylation is 2. The number of alkyl carbamates (subject to hydrolysis) is 1. The lowest BCUT2D eigenvalue weighted by atomic mass is 9.74. The number of nitrogens with zero attached hydrogens (tertiary/aromatic N) is 1. The molecular formula is C25H24F6N2O3. The number of amides is 2. The second-order valence-electron chi connectivity index (χ2n) is 9.32. The van der Waals surface area contributed by atoms with Gasteiger partial charge in [0.15, 0.2) is 0 Å². The highest BCUT2D eigenvalue weighted by molar-refractivity contribution is 5.94. The minimum absolute atomic E-state index is 0.00501. The first-order valence-corrected chi connectivity index (χ1v) is 11.3. The Morgan fingerprint density at radius 1 is 0.944 bits per heavy atom. The van der Waals surface area contributed by atoms with Crippen LogP contribution in [0.4, 0.5) is 31.1 Å². The van der Waals surface area contributed by atoms with Crippen LogP contribution in [0.15, 0.2) is 36.4 Å². The number of benzene rings is 2. The van der Waals surface area contributed by atoms with E-state index in [9.17, 15) is 35.9 Å². The molecule has 2 aliphatic rings. The van der Waals surface area contributed by atoms with Crippen molar-refractivity contribution in [2.24, 2.45) is 0 Å². The number of hydrogen-bond acceptors (Lipinski definition) is 3. The van der Waals surface area contributed by atoms with Crippen LogP contribution in [0, 0.1) is 13.8 Å². The van der Waals surface area contributed by atoms with E-state index in [0.717, 1.165) is 16.7 Å². The van der Waals surface area contributed by atoms with Crippen molar-refractivity contribution in [2.45, 2.75) is 50.6 Å². The summed E-state index contributed by atoms with van der Waals surface area (Å²) in [6.07, 6.45) is -10.3. The van der Waals surface area contributed by atoms with E-state index in [1.54, 1.807) is 0 Å². The summed E-state index contributed by atoms with van der Waals surface area (Å²) in [7, 11) is 0. The molecular weight excluding hydrogens is 490 g/mol. The van der Waals surface area contributed by atoms with Crippen LogP contribution in [0.25, 0.3) is 0 Å². The van der Waals surface area contributed by atoms with E-state index in [1.807, 2.05) is 32.0 Å². The minimum atomic E-state index is -5.05. The summed E-state index contributed by atoms with van der Waals surface area (Å²) in [5.74, 6) is -1.18. The molecule has 2 amide bonds. The predicted molar refractivity (Wildman–Crippen MR) is 117 cm³/mol. The molecule has 0 aromatic heterocycles. The third-order valence-corrected chi connectivity index (χ3v) is 7.05. The molecule has 11 heteroatoms. The van der Waals surface area contributed by atoms with Crippen molar-refractivity contribution in [3.63, 3.8) is 0 Å². The third kappa shape index (κ3) is 5.01. The maximum atomic E-state index is 13.2. The van der Waals surface area contributed by atoms with E-state index in [0.29, 0.717) is 18.7 Å². The van der Waals surface area contributed by atoms with Crippen molar-refractivity contribution < 1.29 is 40.7 Å². The minimum Gasteiger partial charge on any atom is -0.442 e. The standard InChI is InChI=1S/C25H24F6N2O3/c1-14-3-4-16(9-15(14)2)20-13-32-22(35)36-23(20)5-7-33(8-6-23)21(34)17-10-18(24(26,27)28)12-19(11-17)25(29,30)31/h3-4,9-12,20H,5-8,13H2,1-2H3,(H,32,35). The number of carbonyl (C=O) groups is 2. The molecule has 5 nitrogen and oxygen atoms in total. The van der Waals surface area contributed by atoms with Gasteiger partial charge in [-0.15, -0.1) is 0 Å². The van der Waals surface area contributed by atoms with Gasteiger partial charge in [0.25, 0.3) is 5.91 Å². The molecule has 194 valence electrons. The molecule has 0 radical (unpaired) electrons. The van der Waals surface area contributed by atoms with E-state index in [-0.39, 0.29) is 37.9 Å². The van der Waals surface area contributed by atoms with Crippen LogP contribution in [0.5, 0.6) is 0 Å². The van der Waals surface area contributed by atoms with E-state index in [2.05, 4.69) is 5.32 Å². The Morgan fingerprint density at radius 3 is 2.06 bits per heavy atom.